The topological polar surface area (TPSA) is 30.5 Å². The number of para-hydroxylation sites is 2. The minimum Gasteiger partial charge on any atom is -0.478 e. The van der Waals surface area contributed by atoms with E-state index in [2.05, 4.69) is 56.2 Å². The van der Waals surface area contributed by atoms with Gasteiger partial charge in [-0.05, 0) is 18.1 Å². The molecule has 0 saturated carbocycles. The Morgan fingerprint density at radius 3 is 2.48 bits per heavy atom. The lowest BCUT2D eigenvalue weighted by atomic mass is 9.84. The van der Waals surface area contributed by atoms with Crippen LogP contribution < -0.4 is 14.8 Å². The third kappa shape index (κ3) is 2.93. The molecule has 1 aromatic rings. The van der Waals surface area contributed by atoms with E-state index in [1.807, 2.05) is 24.3 Å². The van der Waals surface area contributed by atoms with Gasteiger partial charge in [-0.2, -0.15) is 0 Å². The lowest BCUT2D eigenvalue weighted by Gasteiger charge is -2.45. The number of nitrogens with one attached hydrogen (secondary N) is 1. The molecule has 0 spiro atoms. The lowest BCUT2D eigenvalue weighted by molar-refractivity contribution is 0.121. The molecule has 2 heterocycles. The zero-order valence-corrected chi connectivity index (χ0v) is 16.5. The molecular formula is C21H27NO2Si. The highest BCUT2D eigenvalue weighted by atomic mass is 28.3. The molecule has 4 atom stereocenters. The summed E-state index contributed by atoms with van der Waals surface area (Å²) in [6.45, 7) is 10.5. The van der Waals surface area contributed by atoms with E-state index in [0.717, 1.165) is 23.8 Å². The van der Waals surface area contributed by atoms with E-state index in [1.165, 1.54) is 5.70 Å². The van der Waals surface area contributed by atoms with Gasteiger partial charge < -0.3 is 14.8 Å². The molecule has 4 heteroatoms. The zero-order chi connectivity index (χ0) is 17.6. The highest BCUT2D eigenvalue weighted by Gasteiger charge is 2.46. The second-order valence-electron chi connectivity index (χ2n) is 8.37. The predicted octanol–water partition coefficient (Wildman–Crippen LogP) is 4.73. The summed E-state index contributed by atoms with van der Waals surface area (Å²) in [5, 5.41) is 3.73. The van der Waals surface area contributed by atoms with Gasteiger partial charge in [0, 0.05) is 18.0 Å². The van der Waals surface area contributed by atoms with Crippen LogP contribution in [0.5, 0.6) is 11.5 Å². The molecule has 0 aromatic heterocycles. The van der Waals surface area contributed by atoms with Crippen LogP contribution in [0.3, 0.4) is 0 Å². The molecule has 132 valence electrons. The van der Waals surface area contributed by atoms with Crippen LogP contribution in [-0.4, -0.2) is 20.7 Å². The van der Waals surface area contributed by atoms with Gasteiger partial charge in [-0.15, -0.1) is 0 Å². The van der Waals surface area contributed by atoms with E-state index >= 15 is 0 Å². The van der Waals surface area contributed by atoms with E-state index in [0.29, 0.717) is 17.4 Å². The lowest BCUT2D eigenvalue weighted by Crippen LogP contribution is -2.52. The quantitative estimate of drug-likeness (QED) is 0.780. The fourth-order valence-corrected chi connectivity index (χ4v) is 5.85. The Morgan fingerprint density at radius 2 is 1.76 bits per heavy atom. The SMILES string of the molecule is CC1C=CC=CC1C1=C2Oc3ccccc3OC2C([Si](C)(C)C)CN1. The van der Waals surface area contributed by atoms with Crippen molar-refractivity contribution in [3.05, 3.63) is 60.0 Å². The Hall–Kier alpha value is -1.94. The first kappa shape index (κ1) is 16.5. The summed E-state index contributed by atoms with van der Waals surface area (Å²) in [5.74, 6) is 3.46. The van der Waals surface area contributed by atoms with Crippen LogP contribution in [0.15, 0.2) is 60.0 Å². The minimum absolute atomic E-state index is 0.0179. The highest BCUT2D eigenvalue weighted by Crippen LogP contribution is 2.45. The summed E-state index contributed by atoms with van der Waals surface area (Å²) < 4.78 is 12.9. The van der Waals surface area contributed by atoms with Crippen molar-refractivity contribution >= 4 is 8.07 Å². The molecule has 4 unspecified atom stereocenters. The third-order valence-corrected chi connectivity index (χ3v) is 8.31. The number of hydrogen-bond acceptors (Lipinski definition) is 3. The number of rotatable bonds is 2. The molecule has 0 bridgehead atoms. The van der Waals surface area contributed by atoms with Gasteiger partial charge in [-0.1, -0.05) is 63.0 Å². The van der Waals surface area contributed by atoms with Gasteiger partial charge in [0.2, 0.25) is 0 Å². The van der Waals surface area contributed by atoms with Crippen LogP contribution in [0.1, 0.15) is 6.92 Å². The van der Waals surface area contributed by atoms with E-state index in [4.69, 9.17) is 9.47 Å². The van der Waals surface area contributed by atoms with Gasteiger partial charge in [-0.3, -0.25) is 0 Å². The molecule has 2 aliphatic heterocycles. The van der Waals surface area contributed by atoms with Crippen molar-refractivity contribution in [1.82, 2.24) is 5.32 Å². The van der Waals surface area contributed by atoms with E-state index in [9.17, 15) is 0 Å². The Kier molecular flexibility index (Phi) is 4.03. The van der Waals surface area contributed by atoms with Crippen molar-refractivity contribution in [3.63, 3.8) is 0 Å². The molecule has 0 amide bonds. The number of benzene rings is 1. The van der Waals surface area contributed by atoms with Crippen LogP contribution in [0.25, 0.3) is 0 Å². The van der Waals surface area contributed by atoms with Crippen LogP contribution in [-0.2, 0) is 0 Å². The van der Waals surface area contributed by atoms with E-state index in [-0.39, 0.29) is 6.10 Å². The minimum atomic E-state index is -1.42. The molecule has 0 saturated heterocycles. The fraction of sp³-hybridized carbons (Fsp3) is 0.429. The van der Waals surface area contributed by atoms with Crippen molar-refractivity contribution in [2.24, 2.45) is 11.8 Å². The molecule has 1 aromatic carbocycles. The fourth-order valence-electron chi connectivity index (χ4n) is 4.01. The van der Waals surface area contributed by atoms with Gasteiger partial charge in [-0.25, -0.2) is 0 Å². The molecule has 25 heavy (non-hydrogen) atoms. The zero-order valence-electron chi connectivity index (χ0n) is 15.5. The van der Waals surface area contributed by atoms with Gasteiger partial charge in [0.1, 0.15) is 0 Å². The first-order valence-corrected chi connectivity index (χ1v) is 12.8. The van der Waals surface area contributed by atoms with Gasteiger partial charge in [0.25, 0.3) is 0 Å². The normalized spacial score (nSPS) is 30.7. The molecular weight excluding hydrogens is 326 g/mol. The third-order valence-electron chi connectivity index (χ3n) is 5.58. The second-order valence-corrected chi connectivity index (χ2v) is 13.8. The van der Waals surface area contributed by atoms with Crippen LogP contribution in [0.4, 0.5) is 0 Å². The number of allylic oxidation sites excluding steroid dienone is 4. The van der Waals surface area contributed by atoms with Crippen molar-refractivity contribution in [2.45, 2.75) is 38.2 Å². The monoisotopic (exact) mass is 353 g/mol. The first-order valence-electron chi connectivity index (χ1n) is 9.21. The van der Waals surface area contributed by atoms with Gasteiger partial charge >= 0.3 is 0 Å². The maximum absolute atomic E-state index is 6.50. The molecule has 0 fully saturated rings. The van der Waals surface area contributed by atoms with Crippen LogP contribution in [0, 0.1) is 11.8 Å². The second kappa shape index (κ2) is 6.10. The van der Waals surface area contributed by atoms with E-state index in [1.54, 1.807) is 0 Å². The smallest absolute Gasteiger partial charge is 0.169 e. The molecule has 0 radical (unpaired) electrons. The molecule has 3 nitrogen and oxygen atoms in total. The molecule has 4 rings (SSSR count). The average Bonchev–Trinajstić information content (AvgIpc) is 2.59. The molecule has 1 N–H and O–H groups in total. The van der Waals surface area contributed by atoms with Crippen molar-refractivity contribution in [2.75, 3.05) is 6.54 Å². The molecule has 1 aliphatic carbocycles. The Labute approximate surface area is 151 Å². The first-order chi connectivity index (χ1) is 11.9. The summed E-state index contributed by atoms with van der Waals surface area (Å²) in [5.41, 5.74) is 1.68. The summed E-state index contributed by atoms with van der Waals surface area (Å²) in [7, 11) is -1.42. The maximum Gasteiger partial charge on any atom is 0.169 e. The Balaban J connectivity index is 1.80. The average molecular weight is 354 g/mol. The highest BCUT2D eigenvalue weighted by molar-refractivity contribution is 6.77. The number of hydrogen-bond donors (Lipinski definition) is 1. The molecule has 3 aliphatic rings. The summed E-state index contributed by atoms with van der Waals surface area (Å²) in [4.78, 5) is 0. The van der Waals surface area contributed by atoms with E-state index < -0.39 is 8.07 Å². The summed E-state index contributed by atoms with van der Waals surface area (Å²) >= 11 is 0. The Bertz CT molecular complexity index is 759. The van der Waals surface area contributed by atoms with Crippen molar-refractivity contribution in [1.29, 1.82) is 0 Å². The standard InChI is InChI=1S/C21H27NO2Si/c1-14-9-5-6-10-15(14)19-21-20(18(13-22-19)25(2,3)4)23-16-11-7-8-12-17(16)24-21/h5-12,14-15,18,20,22H,13H2,1-4H3. The van der Waals surface area contributed by atoms with Crippen molar-refractivity contribution < 1.29 is 9.47 Å². The van der Waals surface area contributed by atoms with Gasteiger partial charge in [0.15, 0.2) is 23.4 Å². The maximum atomic E-state index is 6.50. The predicted molar refractivity (Wildman–Crippen MR) is 105 cm³/mol. The summed E-state index contributed by atoms with van der Waals surface area (Å²) in [6, 6.07) is 8.02. The number of fused-ring (bicyclic) bond motifs is 2. The summed E-state index contributed by atoms with van der Waals surface area (Å²) in [6.07, 6.45) is 8.82. The van der Waals surface area contributed by atoms with Crippen LogP contribution in [0.2, 0.25) is 25.2 Å². The van der Waals surface area contributed by atoms with Crippen molar-refractivity contribution in [3.8, 4) is 11.5 Å². The Morgan fingerprint density at radius 1 is 1.04 bits per heavy atom. The largest absolute Gasteiger partial charge is 0.478 e. The van der Waals surface area contributed by atoms with Crippen LogP contribution >= 0.6 is 0 Å². The number of ether oxygens (including phenoxy) is 2. The van der Waals surface area contributed by atoms with Gasteiger partial charge in [0.05, 0.1) is 13.8 Å².